The average molecular weight is 276 g/mol. The summed E-state index contributed by atoms with van der Waals surface area (Å²) in [5, 5.41) is 4.95. The normalized spacial score (nSPS) is 23.8. The van der Waals surface area contributed by atoms with E-state index in [-0.39, 0.29) is 0 Å². The maximum atomic E-state index is 11.3. The third-order valence-electron chi connectivity index (χ3n) is 3.95. The number of para-hydroxylation sites is 1. The summed E-state index contributed by atoms with van der Waals surface area (Å²) in [5.41, 5.74) is 2.63. The molecule has 0 amide bonds. The van der Waals surface area contributed by atoms with Gasteiger partial charge >= 0.3 is 0 Å². The maximum Gasteiger partial charge on any atom is 0.0481 e. The molecule has 0 bridgehead atoms. The molecule has 19 heavy (non-hydrogen) atoms. The number of nitrogens with one attached hydrogen (secondary N) is 1. The summed E-state index contributed by atoms with van der Waals surface area (Å²) >= 11 is 0. The van der Waals surface area contributed by atoms with Crippen molar-refractivity contribution in [1.29, 1.82) is 0 Å². The zero-order valence-electron chi connectivity index (χ0n) is 11.3. The van der Waals surface area contributed by atoms with Crippen LogP contribution in [-0.4, -0.2) is 26.3 Å². The first-order valence-corrected chi connectivity index (χ1v) is 8.34. The average Bonchev–Trinajstić information content (AvgIpc) is 2.76. The zero-order chi connectivity index (χ0) is 13.2. The van der Waals surface area contributed by atoms with Gasteiger partial charge in [0.25, 0.3) is 0 Å². The molecule has 3 rings (SSSR count). The molecule has 1 saturated heterocycles. The van der Waals surface area contributed by atoms with Crippen LogP contribution >= 0.6 is 0 Å². The van der Waals surface area contributed by atoms with Gasteiger partial charge in [0.15, 0.2) is 0 Å². The Balaban J connectivity index is 1.70. The summed E-state index contributed by atoms with van der Waals surface area (Å²) in [6.07, 6.45) is 4.29. The van der Waals surface area contributed by atoms with Crippen LogP contribution < -0.4 is 5.32 Å². The number of nitrogens with zero attached hydrogens (tertiary/aromatic N) is 1. The van der Waals surface area contributed by atoms with Gasteiger partial charge in [-0.3, -0.25) is 4.21 Å². The minimum atomic E-state index is -0.571. The molecule has 2 heterocycles. The van der Waals surface area contributed by atoms with Crippen molar-refractivity contribution in [2.45, 2.75) is 25.4 Å². The van der Waals surface area contributed by atoms with Gasteiger partial charge in [-0.05, 0) is 24.5 Å². The van der Waals surface area contributed by atoms with E-state index < -0.39 is 10.8 Å². The SMILES string of the molecule is Cn1cc(CNC2CCS(=O)CC2)c2ccccc21. The molecule has 102 valence electrons. The molecule has 0 unspecified atom stereocenters. The van der Waals surface area contributed by atoms with Gasteiger partial charge < -0.3 is 9.88 Å². The van der Waals surface area contributed by atoms with Gasteiger partial charge in [-0.1, -0.05) is 18.2 Å². The fourth-order valence-corrected chi connectivity index (χ4v) is 4.12. The van der Waals surface area contributed by atoms with Crippen LogP contribution in [0.2, 0.25) is 0 Å². The lowest BCUT2D eigenvalue weighted by molar-refractivity contribution is 0.476. The van der Waals surface area contributed by atoms with Crippen molar-refractivity contribution < 1.29 is 4.21 Å². The lowest BCUT2D eigenvalue weighted by atomic mass is 10.1. The maximum absolute atomic E-state index is 11.3. The number of aromatic nitrogens is 1. The van der Waals surface area contributed by atoms with E-state index in [0.29, 0.717) is 6.04 Å². The smallest absolute Gasteiger partial charge is 0.0481 e. The summed E-state index contributed by atoms with van der Waals surface area (Å²) in [6.45, 7) is 0.901. The molecular formula is C15H20N2OS. The van der Waals surface area contributed by atoms with Gasteiger partial charge in [-0.25, -0.2) is 0 Å². The Kier molecular flexibility index (Phi) is 3.71. The first kappa shape index (κ1) is 12.9. The largest absolute Gasteiger partial charge is 0.350 e. The molecule has 1 N–H and O–H groups in total. The number of fused-ring (bicyclic) bond motifs is 1. The second-order valence-corrected chi connectivity index (χ2v) is 6.98. The van der Waals surface area contributed by atoms with Crippen LogP contribution in [0.3, 0.4) is 0 Å². The van der Waals surface area contributed by atoms with E-state index in [2.05, 4.69) is 47.4 Å². The number of hydrogen-bond donors (Lipinski definition) is 1. The third kappa shape index (κ3) is 2.74. The van der Waals surface area contributed by atoms with E-state index in [1.165, 1.54) is 16.5 Å². The van der Waals surface area contributed by atoms with Crippen LogP contribution in [0.25, 0.3) is 10.9 Å². The van der Waals surface area contributed by atoms with Crippen LogP contribution in [0.4, 0.5) is 0 Å². The highest BCUT2D eigenvalue weighted by Crippen LogP contribution is 2.20. The molecule has 0 spiro atoms. The van der Waals surface area contributed by atoms with Gasteiger partial charge in [-0.15, -0.1) is 0 Å². The van der Waals surface area contributed by atoms with Crippen molar-refractivity contribution in [2.24, 2.45) is 7.05 Å². The Labute approximate surface area is 116 Å². The lowest BCUT2D eigenvalue weighted by Crippen LogP contribution is -2.35. The Bertz CT molecular complexity index is 595. The van der Waals surface area contributed by atoms with Gasteiger partial charge in [0.1, 0.15) is 0 Å². The highest BCUT2D eigenvalue weighted by Gasteiger charge is 2.17. The van der Waals surface area contributed by atoms with E-state index in [9.17, 15) is 4.21 Å². The Morgan fingerprint density at radius 2 is 2.05 bits per heavy atom. The predicted molar refractivity (Wildman–Crippen MR) is 80.7 cm³/mol. The van der Waals surface area contributed by atoms with Crippen LogP contribution in [0.1, 0.15) is 18.4 Å². The van der Waals surface area contributed by atoms with E-state index in [1.54, 1.807) is 0 Å². The van der Waals surface area contributed by atoms with E-state index in [1.807, 2.05) is 0 Å². The minimum absolute atomic E-state index is 0.525. The van der Waals surface area contributed by atoms with Crippen molar-refractivity contribution >= 4 is 21.7 Å². The number of benzene rings is 1. The highest BCUT2D eigenvalue weighted by molar-refractivity contribution is 7.85. The van der Waals surface area contributed by atoms with Crippen LogP contribution in [0.15, 0.2) is 30.5 Å². The fourth-order valence-electron chi connectivity index (χ4n) is 2.82. The van der Waals surface area contributed by atoms with Crippen molar-refractivity contribution in [3.63, 3.8) is 0 Å². The molecule has 1 aromatic carbocycles. The molecule has 1 aliphatic rings. The summed E-state index contributed by atoms with van der Waals surface area (Å²) in [6, 6.07) is 9.04. The molecule has 3 nitrogen and oxygen atoms in total. The summed E-state index contributed by atoms with van der Waals surface area (Å²) in [4.78, 5) is 0. The molecule has 1 aliphatic heterocycles. The highest BCUT2D eigenvalue weighted by atomic mass is 32.2. The third-order valence-corrected chi connectivity index (χ3v) is 5.33. The standard InChI is InChI=1S/C15H20N2OS/c1-17-11-12(14-4-2-3-5-15(14)17)10-16-13-6-8-19(18)9-7-13/h2-5,11,13,16H,6-10H2,1H3. The second kappa shape index (κ2) is 5.47. The summed E-state index contributed by atoms with van der Waals surface area (Å²) in [5.74, 6) is 1.71. The Hall–Kier alpha value is -1.13. The summed E-state index contributed by atoms with van der Waals surface area (Å²) in [7, 11) is 1.52. The molecule has 0 radical (unpaired) electrons. The van der Waals surface area contributed by atoms with Crippen LogP contribution in [0.5, 0.6) is 0 Å². The van der Waals surface area contributed by atoms with E-state index in [0.717, 1.165) is 30.9 Å². The Morgan fingerprint density at radius 1 is 1.32 bits per heavy atom. The topological polar surface area (TPSA) is 34.0 Å². The van der Waals surface area contributed by atoms with Crippen LogP contribution in [0, 0.1) is 0 Å². The van der Waals surface area contributed by atoms with Crippen molar-refractivity contribution in [3.8, 4) is 0 Å². The summed E-state index contributed by atoms with van der Waals surface area (Å²) < 4.78 is 13.5. The molecule has 0 atom stereocenters. The lowest BCUT2D eigenvalue weighted by Gasteiger charge is -2.22. The van der Waals surface area contributed by atoms with E-state index >= 15 is 0 Å². The van der Waals surface area contributed by atoms with Crippen molar-refractivity contribution in [3.05, 3.63) is 36.0 Å². The number of hydrogen-bond acceptors (Lipinski definition) is 2. The molecular weight excluding hydrogens is 256 g/mol. The predicted octanol–water partition coefficient (Wildman–Crippen LogP) is 2.18. The van der Waals surface area contributed by atoms with Gasteiger partial charge in [0, 0.05) is 59.0 Å². The molecule has 1 aromatic heterocycles. The first-order chi connectivity index (χ1) is 9.24. The van der Waals surface area contributed by atoms with Crippen molar-refractivity contribution in [2.75, 3.05) is 11.5 Å². The molecule has 2 aromatic rings. The molecule has 1 fully saturated rings. The van der Waals surface area contributed by atoms with Crippen LogP contribution in [-0.2, 0) is 24.4 Å². The first-order valence-electron chi connectivity index (χ1n) is 6.85. The van der Waals surface area contributed by atoms with Gasteiger partial charge in [-0.2, -0.15) is 0 Å². The second-order valence-electron chi connectivity index (χ2n) is 5.29. The van der Waals surface area contributed by atoms with Crippen molar-refractivity contribution in [1.82, 2.24) is 9.88 Å². The van der Waals surface area contributed by atoms with Gasteiger partial charge in [0.2, 0.25) is 0 Å². The number of rotatable bonds is 3. The van der Waals surface area contributed by atoms with E-state index in [4.69, 9.17) is 0 Å². The Morgan fingerprint density at radius 3 is 2.84 bits per heavy atom. The number of aryl methyl sites for hydroxylation is 1. The minimum Gasteiger partial charge on any atom is -0.350 e. The molecule has 4 heteroatoms. The molecule has 0 aliphatic carbocycles. The van der Waals surface area contributed by atoms with Gasteiger partial charge in [0.05, 0.1) is 0 Å². The monoisotopic (exact) mass is 276 g/mol. The zero-order valence-corrected chi connectivity index (χ0v) is 12.1. The quantitative estimate of drug-likeness (QED) is 0.932. The molecule has 0 saturated carbocycles. The fraction of sp³-hybridized carbons (Fsp3) is 0.467.